The van der Waals surface area contributed by atoms with Gasteiger partial charge in [-0.05, 0) is 48.0 Å². The fraction of sp³-hybridized carbons (Fsp3) is 0.0833. The molecule has 158 valence electrons. The molecule has 0 unspecified atom stereocenters. The Labute approximate surface area is 195 Å². The van der Waals surface area contributed by atoms with Crippen molar-refractivity contribution in [3.63, 3.8) is 0 Å². The highest BCUT2D eigenvalue weighted by molar-refractivity contribution is 6.49. The van der Waals surface area contributed by atoms with Crippen LogP contribution in [0.2, 0.25) is 15.1 Å². The second kappa shape index (κ2) is 10.5. The number of methoxy groups -OCH3 is 1. The van der Waals surface area contributed by atoms with Gasteiger partial charge in [0.1, 0.15) is 12.4 Å². The zero-order valence-corrected chi connectivity index (χ0v) is 18.7. The number of ether oxygens (including phenoxy) is 2. The second-order valence-electron chi connectivity index (χ2n) is 6.44. The molecule has 3 aromatic carbocycles. The van der Waals surface area contributed by atoms with E-state index in [4.69, 9.17) is 44.3 Å². The van der Waals surface area contributed by atoms with E-state index in [1.165, 1.54) is 25.3 Å². The van der Waals surface area contributed by atoms with E-state index in [0.717, 1.165) is 11.1 Å². The van der Waals surface area contributed by atoms with Crippen LogP contribution < -0.4 is 4.74 Å². The van der Waals surface area contributed by atoms with Gasteiger partial charge < -0.3 is 9.47 Å². The van der Waals surface area contributed by atoms with Crippen molar-refractivity contribution in [2.75, 3.05) is 7.11 Å². The van der Waals surface area contributed by atoms with Crippen molar-refractivity contribution < 1.29 is 19.1 Å². The van der Waals surface area contributed by atoms with Crippen molar-refractivity contribution >= 4 is 52.6 Å². The monoisotopic (exact) mass is 474 g/mol. The summed E-state index contributed by atoms with van der Waals surface area (Å²) < 4.78 is 10.6. The molecule has 0 atom stereocenters. The van der Waals surface area contributed by atoms with Crippen LogP contribution in [0.1, 0.15) is 31.8 Å². The summed E-state index contributed by atoms with van der Waals surface area (Å²) >= 11 is 18.1. The van der Waals surface area contributed by atoms with Crippen LogP contribution in [0.4, 0.5) is 0 Å². The molecule has 0 saturated heterocycles. The van der Waals surface area contributed by atoms with Crippen molar-refractivity contribution in [3.8, 4) is 5.75 Å². The van der Waals surface area contributed by atoms with E-state index in [-0.39, 0.29) is 26.4 Å². The second-order valence-corrected chi connectivity index (χ2v) is 7.60. The fourth-order valence-electron chi connectivity index (χ4n) is 2.74. The minimum atomic E-state index is -0.394. The molecule has 0 heterocycles. The van der Waals surface area contributed by atoms with E-state index in [2.05, 4.69) is 0 Å². The maximum absolute atomic E-state index is 12.6. The maximum Gasteiger partial charge on any atom is 0.337 e. The Bertz CT molecular complexity index is 1140. The first-order chi connectivity index (χ1) is 14.9. The first kappa shape index (κ1) is 22.9. The molecule has 3 aromatic rings. The zero-order chi connectivity index (χ0) is 22.4. The number of hydrogen-bond acceptors (Lipinski definition) is 4. The maximum atomic E-state index is 12.6. The summed E-state index contributed by atoms with van der Waals surface area (Å²) in [5.74, 6) is -0.102. The third-order valence-electron chi connectivity index (χ3n) is 4.40. The van der Waals surface area contributed by atoms with Crippen LogP contribution in [-0.4, -0.2) is 18.9 Å². The number of para-hydroxylation sites is 1. The summed E-state index contributed by atoms with van der Waals surface area (Å²) in [4.78, 5) is 24.1. The third kappa shape index (κ3) is 5.67. The van der Waals surface area contributed by atoms with Crippen LogP contribution in [0.25, 0.3) is 6.08 Å². The van der Waals surface area contributed by atoms with Gasteiger partial charge in [-0.15, -0.1) is 0 Å². The molecule has 0 spiro atoms. The van der Waals surface area contributed by atoms with Crippen LogP contribution in [0.3, 0.4) is 0 Å². The lowest BCUT2D eigenvalue weighted by Gasteiger charge is -2.10. The van der Waals surface area contributed by atoms with Gasteiger partial charge in [0.05, 0.1) is 27.7 Å². The van der Waals surface area contributed by atoms with Crippen LogP contribution in [0.5, 0.6) is 5.75 Å². The van der Waals surface area contributed by atoms with Crippen molar-refractivity contribution in [1.82, 2.24) is 0 Å². The minimum absolute atomic E-state index is 0.115. The lowest BCUT2D eigenvalue weighted by Crippen LogP contribution is -2.02. The van der Waals surface area contributed by atoms with E-state index in [1.807, 2.05) is 18.2 Å². The average Bonchev–Trinajstić information content (AvgIpc) is 2.80. The van der Waals surface area contributed by atoms with Gasteiger partial charge in [0.25, 0.3) is 0 Å². The molecule has 0 radical (unpaired) electrons. The summed E-state index contributed by atoms with van der Waals surface area (Å²) in [6.45, 7) is 0.291. The van der Waals surface area contributed by atoms with E-state index in [0.29, 0.717) is 17.9 Å². The number of carbonyl (C=O) groups excluding carboxylic acids is 2. The van der Waals surface area contributed by atoms with E-state index < -0.39 is 5.97 Å². The van der Waals surface area contributed by atoms with Gasteiger partial charge in [-0.3, -0.25) is 4.79 Å². The first-order valence-corrected chi connectivity index (χ1v) is 10.3. The molecule has 0 saturated carbocycles. The molecule has 31 heavy (non-hydrogen) atoms. The topological polar surface area (TPSA) is 52.6 Å². The zero-order valence-electron chi connectivity index (χ0n) is 16.4. The van der Waals surface area contributed by atoms with Crippen LogP contribution in [0, 0.1) is 0 Å². The Kier molecular flexibility index (Phi) is 7.75. The summed E-state index contributed by atoms with van der Waals surface area (Å²) in [6, 6.07) is 17.3. The fourth-order valence-corrected chi connectivity index (χ4v) is 3.37. The minimum Gasteiger partial charge on any atom is -0.488 e. The Morgan fingerprint density at radius 3 is 2.32 bits per heavy atom. The van der Waals surface area contributed by atoms with Gasteiger partial charge in [-0.25, -0.2) is 4.79 Å². The molecule has 3 rings (SSSR count). The van der Waals surface area contributed by atoms with Crippen LogP contribution in [-0.2, 0) is 11.3 Å². The molecule has 7 heteroatoms. The Morgan fingerprint density at radius 2 is 1.61 bits per heavy atom. The van der Waals surface area contributed by atoms with Crippen molar-refractivity contribution in [2.24, 2.45) is 0 Å². The largest absolute Gasteiger partial charge is 0.488 e. The van der Waals surface area contributed by atoms with Gasteiger partial charge in [-0.2, -0.15) is 0 Å². The summed E-state index contributed by atoms with van der Waals surface area (Å²) in [5.41, 5.74) is 2.33. The molecule has 0 bridgehead atoms. The van der Waals surface area contributed by atoms with Gasteiger partial charge in [0.15, 0.2) is 5.78 Å². The van der Waals surface area contributed by atoms with E-state index >= 15 is 0 Å². The van der Waals surface area contributed by atoms with Crippen molar-refractivity contribution in [2.45, 2.75) is 6.61 Å². The highest BCUT2D eigenvalue weighted by Crippen LogP contribution is 2.33. The number of esters is 1. The lowest BCUT2D eigenvalue weighted by atomic mass is 10.1. The first-order valence-electron chi connectivity index (χ1n) is 9.15. The molecule has 0 aliphatic rings. The van der Waals surface area contributed by atoms with Crippen molar-refractivity contribution in [1.29, 1.82) is 0 Å². The summed E-state index contributed by atoms with van der Waals surface area (Å²) in [7, 11) is 1.34. The molecule has 0 fully saturated rings. The highest BCUT2D eigenvalue weighted by Gasteiger charge is 2.13. The molecule has 4 nitrogen and oxygen atoms in total. The van der Waals surface area contributed by atoms with Gasteiger partial charge in [0.2, 0.25) is 0 Å². The third-order valence-corrected chi connectivity index (χ3v) is 5.70. The van der Waals surface area contributed by atoms with Gasteiger partial charge >= 0.3 is 5.97 Å². The summed E-state index contributed by atoms with van der Waals surface area (Å²) in [6.07, 6.45) is 3.05. The van der Waals surface area contributed by atoms with Crippen LogP contribution >= 0.6 is 34.8 Å². The predicted octanol–water partition coefficient (Wildman–Crippen LogP) is 6.91. The normalized spacial score (nSPS) is 10.8. The number of allylic oxidation sites excluding steroid dienone is 1. The van der Waals surface area contributed by atoms with E-state index in [9.17, 15) is 9.59 Å². The smallest absolute Gasteiger partial charge is 0.337 e. The summed E-state index contributed by atoms with van der Waals surface area (Å²) in [5, 5.41) is 0.541. The molecule has 0 aromatic heterocycles. The lowest BCUT2D eigenvalue weighted by molar-refractivity contribution is 0.0600. The SMILES string of the molecule is COC(=O)c1ccc(COc2ccccc2C=CC(=O)c2ccc(Cl)c(Cl)c2Cl)cc1. The number of hydrogen-bond donors (Lipinski definition) is 0. The standard InChI is InChI=1S/C24H17Cl3O4/c1-30-24(29)17-8-6-15(7-9-17)14-31-21-5-3-2-4-16(21)10-13-20(28)18-11-12-19(25)23(27)22(18)26/h2-13H,14H2,1H3. The van der Waals surface area contributed by atoms with Crippen molar-refractivity contribution in [3.05, 3.63) is 104 Å². The molecular weight excluding hydrogens is 459 g/mol. The number of halogens is 3. The van der Waals surface area contributed by atoms with Gasteiger partial charge in [0, 0.05) is 11.1 Å². The number of ketones is 1. The van der Waals surface area contributed by atoms with E-state index in [1.54, 1.807) is 36.4 Å². The number of carbonyl (C=O) groups is 2. The molecule has 0 N–H and O–H groups in total. The molecule has 0 amide bonds. The van der Waals surface area contributed by atoms with Gasteiger partial charge in [-0.1, -0.05) is 65.1 Å². The number of benzene rings is 3. The molecular formula is C24H17Cl3O4. The number of rotatable bonds is 7. The Hall–Kier alpha value is -2.79. The highest BCUT2D eigenvalue weighted by atomic mass is 35.5. The molecule has 0 aliphatic heterocycles. The molecule has 0 aliphatic carbocycles. The van der Waals surface area contributed by atoms with Crippen LogP contribution in [0.15, 0.2) is 66.7 Å². The average molecular weight is 476 g/mol. The Balaban J connectivity index is 1.72. The quantitative estimate of drug-likeness (QED) is 0.161. The predicted molar refractivity (Wildman–Crippen MR) is 123 cm³/mol. The Morgan fingerprint density at radius 1 is 0.903 bits per heavy atom.